The van der Waals surface area contributed by atoms with Crippen LogP contribution in [-0.2, 0) is 0 Å². The van der Waals surface area contributed by atoms with Crippen molar-refractivity contribution in [1.29, 1.82) is 0 Å². The van der Waals surface area contributed by atoms with E-state index in [1.807, 2.05) is 12.1 Å². The van der Waals surface area contributed by atoms with Gasteiger partial charge in [-0.25, -0.2) is 0 Å². The van der Waals surface area contributed by atoms with Gasteiger partial charge in [0, 0.05) is 37.7 Å². The Hall–Kier alpha value is -3.38. The summed E-state index contributed by atoms with van der Waals surface area (Å²) in [5, 5.41) is 10.8. The van der Waals surface area contributed by atoms with E-state index in [0.29, 0.717) is 18.3 Å². The minimum Gasteiger partial charge on any atom is -0.494 e. The van der Waals surface area contributed by atoms with Crippen molar-refractivity contribution in [2.75, 3.05) is 26.2 Å². The molecule has 33 heavy (non-hydrogen) atoms. The van der Waals surface area contributed by atoms with E-state index in [4.69, 9.17) is 9.47 Å². The Bertz CT molecular complexity index is 1040. The highest BCUT2D eigenvalue weighted by atomic mass is 16.6. The number of non-ortho nitro benzene ring substituents is 1. The zero-order valence-corrected chi connectivity index (χ0v) is 18.9. The molecule has 2 atom stereocenters. The normalized spacial score (nSPS) is 18.6. The number of hydrogen-bond donors (Lipinski definition) is 0. The van der Waals surface area contributed by atoms with E-state index in [1.54, 1.807) is 12.1 Å². The number of piperidine rings is 1. The third-order valence-corrected chi connectivity index (χ3v) is 6.07. The van der Waals surface area contributed by atoms with E-state index in [1.165, 1.54) is 23.3 Å². The summed E-state index contributed by atoms with van der Waals surface area (Å²) in [6.45, 7) is 5.53. The average molecular weight is 447 g/mol. The van der Waals surface area contributed by atoms with Gasteiger partial charge in [0.2, 0.25) is 0 Å². The minimum atomic E-state index is -0.404. The smallest absolute Gasteiger partial charge is 0.269 e. The largest absolute Gasteiger partial charge is 0.494 e. The first-order chi connectivity index (χ1) is 16.1. The quantitative estimate of drug-likeness (QED) is 0.243. The van der Waals surface area contributed by atoms with Crippen LogP contribution in [0.2, 0.25) is 0 Å². The molecule has 0 spiro atoms. The Morgan fingerprint density at radius 2 is 1.79 bits per heavy atom. The van der Waals surface area contributed by atoms with Crippen LogP contribution in [0.4, 0.5) is 5.69 Å². The van der Waals surface area contributed by atoms with Gasteiger partial charge >= 0.3 is 0 Å². The average Bonchev–Trinajstić information content (AvgIpc) is 2.83. The molecule has 0 radical (unpaired) electrons. The van der Waals surface area contributed by atoms with E-state index >= 15 is 0 Å². The van der Waals surface area contributed by atoms with Crippen LogP contribution in [0.25, 0.3) is 0 Å². The lowest BCUT2D eigenvalue weighted by Gasteiger charge is -2.39. The molecular formula is C27H30N2O4. The molecule has 0 N–H and O–H groups in total. The van der Waals surface area contributed by atoms with Crippen LogP contribution in [0.5, 0.6) is 11.5 Å². The van der Waals surface area contributed by atoms with Crippen LogP contribution in [0, 0.1) is 17.0 Å². The fraction of sp³-hybridized carbons (Fsp3) is 0.333. The fourth-order valence-corrected chi connectivity index (χ4v) is 4.37. The number of nitrogens with zero attached hydrogens (tertiary/aromatic N) is 2. The van der Waals surface area contributed by atoms with Gasteiger partial charge in [-0.3, -0.25) is 10.1 Å². The topological polar surface area (TPSA) is 64.8 Å². The van der Waals surface area contributed by atoms with Crippen molar-refractivity contribution in [2.24, 2.45) is 0 Å². The lowest BCUT2D eigenvalue weighted by atomic mass is 9.87. The van der Waals surface area contributed by atoms with Crippen molar-refractivity contribution in [3.05, 3.63) is 100 Å². The van der Waals surface area contributed by atoms with E-state index < -0.39 is 4.92 Å². The van der Waals surface area contributed by atoms with Gasteiger partial charge in [-0.1, -0.05) is 42.5 Å². The standard InChI is InChI=1S/C27H30N2O4/c1-21-7-5-10-25(19-21)33-27-15-17-28(20-26(27)22-8-3-2-4-9-22)16-6-18-32-24-13-11-23(12-14-24)29(30)31/h2-5,7-14,19,26-27H,6,15-18,20H2,1H3. The van der Waals surface area contributed by atoms with Gasteiger partial charge in [-0.2, -0.15) is 0 Å². The first-order valence-electron chi connectivity index (χ1n) is 11.5. The summed E-state index contributed by atoms with van der Waals surface area (Å²) in [6.07, 6.45) is 2.00. The Balaban J connectivity index is 1.32. The molecule has 3 aromatic carbocycles. The van der Waals surface area contributed by atoms with Gasteiger partial charge < -0.3 is 14.4 Å². The minimum absolute atomic E-state index is 0.0741. The molecule has 1 fully saturated rings. The zero-order valence-electron chi connectivity index (χ0n) is 18.9. The molecule has 0 saturated carbocycles. The molecule has 0 aromatic heterocycles. The predicted octanol–water partition coefficient (Wildman–Crippen LogP) is 5.61. The molecule has 6 heteroatoms. The van der Waals surface area contributed by atoms with Crippen molar-refractivity contribution in [1.82, 2.24) is 4.90 Å². The Morgan fingerprint density at radius 1 is 1.00 bits per heavy atom. The first kappa shape index (κ1) is 22.8. The number of hydrogen-bond acceptors (Lipinski definition) is 5. The molecule has 1 aliphatic heterocycles. The third kappa shape index (κ3) is 6.33. The SMILES string of the molecule is Cc1cccc(OC2CCN(CCCOc3ccc([N+](=O)[O-])cc3)CC2c2ccccc2)c1. The first-order valence-corrected chi connectivity index (χ1v) is 11.5. The van der Waals surface area contributed by atoms with Gasteiger partial charge in [0.05, 0.1) is 11.5 Å². The Kier molecular flexibility index (Phi) is 7.58. The van der Waals surface area contributed by atoms with Crippen molar-refractivity contribution in [2.45, 2.75) is 31.8 Å². The highest BCUT2D eigenvalue weighted by molar-refractivity contribution is 5.36. The second-order valence-electron chi connectivity index (χ2n) is 8.53. The van der Waals surface area contributed by atoms with Gasteiger partial charge in [0.15, 0.2) is 0 Å². The molecule has 0 aliphatic carbocycles. The number of likely N-dealkylation sites (tertiary alicyclic amines) is 1. The van der Waals surface area contributed by atoms with Crippen LogP contribution in [0.15, 0.2) is 78.9 Å². The van der Waals surface area contributed by atoms with E-state index in [0.717, 1.165) is 38.2 Å². The monoisotopic (exact) mass is 446 g/mol. The van der Waals surface area contributed by atoms with Gasteiger partial charge in [0.1, 0.15) is 17.6 Å². The van der Waals surface area contributed by atoms with E-state index in [2.05, 4.69) is 54.3 Å². The molecule has 1 heterocycles. The van der Waals surface area contributed by atoms with Gasteiger partial charge in [-0.15, -0.1) is 0 Å². The van der Waals surface area contributed by atoms with Crippen molar-refractivity contribution in [3.8, 4) is 11.5 Å². The van der Waals surface area contributed by atoms with Crippen LogP contribution < -0.4 is 9.47 Å². The molecule has 3 aromatic rings. The maximum absolute atomic E-state index is 10.8. The molecule has 1 aliphatic rings. The molecule has 6 nitrogen and oxygen atoms in total. The summed E-state index contributed by atoms with van der Waals surface area (Å²) in [6, 6.07) is 25.1. The second-order valence-corrected chi connectivity index (χ2v) is 8.53. The molecule has 172 valence electrons. The highest BCUT2D eigenvalue weighted by Gasteiger charge is 2.31. The van der Waals surface area contributed by atoms with Gasteiger partial charge in [-0.05, 0) is 55.2 Å². The van der Waals surface area contributed by atoms with Crippen molar-refractivity contribution < 1.29 is 14.4 Å². The molecular weight excluding hydrogens is 416 g/mol. The van der Waals surface area contributed by atoms with Crippen LogP contribution in [0.3, 0.4) is 0 Å². The maximum Gasteiger partial charge on any atom is 0.269 e. The van der Waals surface area contributed by atoms with Crippen LogP contribution in [-0.4, -0.2) is 42.2 Å². The second kappa shape index (κ2) is 11.0. The lowest BCUT2D eigenvalue weighted by Crippen LogP contribution is -2.44. The molecule has 2 unspecified atom stereocenters. The fourth-order valence-electron chi connectivity index (χ4n) is 4.37. The summed E-state index contributed by atoms with van der Waals surface area (Å²) >= 11 is 0. The summed E-state index contributed by atoms with van der Waals surface area (Å²) in [7, 11) is 0. The molecule has 1 saturated heterocycles. The Labute approximate surface area is 194 Å². The summed E-state index contributed by atoms with van der Waals surface area (Å²) in [4.78, 5) is 12.8. The lowest BCUT2D eigenvalue weighted by molar-refractivity contribution is -0.384. The predicted molar refractivity (Wildman–Crippen MR) is 129 cm³/mol. The number of nitro groups is 1. The maximum atomic E-state index is 10.8. The number of aryl methyl sites for hydroxylation is 1. The molecule has 0 bridgehead atoms. The van der Waals surface area contributed by atoms with Crippen LogP contribution >= 0.6 is 0 Å². The van der Waals surface area contributed by atoms with E-state index in [9.17, 15) is 10.1 Å². The van der Waals surface area contributed by atoms with Crippen molar-refractivity contribution >= 4 is 5.69 Å². The Morgan fingerprint density at radius 3 is 2.52 bits per heavy atom. The zero-order chi connectivity index (χ0) is 23.0. The summed E-state index contributed by atoms with van der Waals surface area (Å²) in [5.74, 6) is 1.90. The van der Waals surface area contributed by atoms with Crippen LogP contribution in [0.1, 0.15) is 29.9 Å². The highest BCUT2D eigenvalue weighted by Crippen LogP contribution is 2.31. The summed E-state index contributed by atoms with van der Waals surface area (Å²) in [5.41, 5.74) is 2.58. The van der Waals surface area contributed by atoms with Gasteiger partial charge in [0.25, 0.3) is 5.69 Å². The number of nitro benzene ring substituents is 1. The molecule has 0 amide bonds. The summed E-state index contributed by atoms with van der Waals surface area (Å²) < 4.78 is 12.2. The number of rotatable bonds is 9. The number of benzene rings is 3. The van der Waals surface area contributed by atoms with E-state index in [-0.39, 0.29) is 11.8 Å². The third-order valence-electron chi connectivity index (χ3n) is 6.07. The number of ether oxygens (including phenoxy) is 2. The molecule has 4 rings (SSSR count). The van der Waals surface area contributed by atoms with Crippen molar-refractivity contribution in [3.63, 3.8) is 0 Å².